The highest BCUT2D eigenvalue weighted by molar-refractivity contribution is 7.80. The number of amides is 2. The van der Waals surface area contributed by atoms with E-state index < -0.39 is 17.6 Å². The van der Waals surface area contributed by atoms with Crippen molar-refractivity contribution in [1.29, 1.82) is 0 Å². The number of carbonyl (C=O) groups excluding carboxylic acids is 2. The molecule has 2 aromatic rings. The Morgan fingerprint density at radius 2 is 1.88 bits per heavy atom. The molecular formula is C16H15Cl2N3O3S. The van der Waals surface area contributed by atoms with E-state index in [0.717, 1.165) is 10.1 Å². The molecule has 132 valence electrons. The number of anilines is 1. The van der Waals surface area contributed by atoms with Gasteiger partial charge in [-0.05, 0) is 31.2 Å². The number of thiol groups is 1. The van der Waals surface area contributed by atoms with E-state index in [1.807, 2.05) is 17.8 Å². The van der Waals surface area contributed by atoms with Crippen LogP contribution in [-0.4, -0.2) is 27.2 Å². The Morgan fingerprint density at radius 3 is 2.24 bits per heavy atom. The topological polar surface area (TPSA) is 64.4 Å². The maximum absolute atomic E-state index is 12.1. The summed E-state index contributed by atoms with van der Waals surface area (Å²) in [7, 11) is 1.90. The second kappa shape index (κ2) is 7.51. The van der Waals surface area contributed by atoms with Crippen LogP contribution >= 0.6 is 35.8 Å². The van der Waals surface area contributed by atoms with Crippen molar-refractivity contribution in [3.63, 3.8) is 0 Å². The first-order valence-corrected chi connectivity index (χ1v) is 8.22. The number of halogens is 2. The zero-order chi connectivity index (χ0) is 18.8. The van der Waals surface area contributed by atoms with Gasteiger partial charge in [-0.25, -0.2) is 14.7 Å². The lowest BCUT2D eigenvalue weighted by molar-refractivity contribution is -0.125. The predicted octanol–water partition coefficient (Wildman–Crippen LogP) is 4.13. The normalized spacial score (nSPS) is 19.3. The number of carbonyl (C=O) groups is 2. The van der Waals surface area contributed by atoms with Crippen LogP contribution in [0.2, 0.25) is 10.0 Å². The number of nitrogens with zero attached hydrogens (tertiary/aromatic N) is 3. The van der Waals surface area contributed by atoms with Crippen LogP contribution in [-0.2, 0) is 16.6 Å². The minimum absolute atomic E-state index is 0.271. The van der Waals surface area contributed by atoms with Gasteiger partial charge in [-0.1, -0.05) is 29.8 Å². The Balaban J connectivity index is 0.000000269. The number of cyclic esters (lactones) is 1. The Bertz CT molecular complexity index is 803. The van der Waals surface area contributed by atoms with E-state index in [4.69, 9.17) is 27.9 Å². The summed E-state index contributed by atoms with van der Waals surface area (Å²) in [4.78, 5) is 28.6. The van der Waals surface area contributed by atoms with E-state index in [1.165, 1.54) is 31.2 Å². The number of rotatable bonds is 2. The molecule has 6 nitrogen and oxygen atoms in total. The van der Waals surface area contributed by atoms with Crippen LogP contribution in [0.1, 0.15) is 6.92 Å². The molecule has 1 aliphatic rings. The van der Waals surface area contributed by atoms with E-state index in [0.29, 0.717) is 10.0 Å². The van der Waals surface area contributed by atoms with Crippen molar-refractivity contribution in [2.24, 2.45) is 7.05 Å². The van der Waals surface area contributed by atoms with Gasteiger partial charge in [-0.15, -0.1) is 12.6 Å². The van der Waals surface area contributed by atoms with Crippen molar-refractivity contribution < 1.29 is 14.3 Å². The number of imide groups is 1. The molecule has 25 heavy (non-hydrogen) atoms. The molecule has 1 aromatic carbocycles. The van der Waals surface area contributed by atoms with Crippen LogP contribution in [0.25, 0.3) is 0 Å². The summed E-state index contributed by atoms with van der Waals surface area (Å²) in [5.41, 5.74) is -1.08. The van der Waals surface area contributed by atoms with Crippen LogP contribution < -0.4 is 4.90 Å². The summed E-state index contributed by atoms with van der Waals surface area (Å²) < 4.78 is 6.83. The number of imidazole rings is 1. The first-order valence-electron chi connectivity index (χ1n) is 7.01. The molecule has 3 rings (SSSR count). The van der Waals surface area contributed by atoms with Crippen LogP contribution in [0, 0.1) is 0 Å². The molecule has 2 amide bonds. The van der Waals surface area contributed by atoms with Crippen molar-refractivity contribution in [1.82, 2.24) is 9.55 Å². The molecule has 1 fully saturated rings. The third-order valence-electron chi connectivity index (χ3n) is 3.40. The number of benzene rings is 1. The lowest BCUT2D eigenvalue weighted by atomic mass is 10.1. The summed E-state index contributed by atoms with van der Waals surface area (Å²) in [6, 6.07) is 4.42. The molecule has 2 heterocycles. The fourth-order valence-electron chi connectivity index (χ4n) is 1.95. The second-order valence-electron chi connectivity index (χ2n) is 5.29. The highest BCUT2D eigenvalue weighted by Crippen LogP contribution is 2.33. The van der Waals surface area contributed by atoms with Gasteiger partial charge in [-0.3, -0.25) is 4.79 Å². The molecule has 1 saturated heterocycles. The van der Waals surface area contributed by atoms with Crippen LogP contribution in [0.3, 0.4) is 0 Å². The van der Waals surface area contributed by atoms with Crippen molar-refractivity contribution in [3.8, 4) is 0 Å². The number of hydrogen-bond donors (Lipinski definition) is 1. The first-order chi connectivity index (χ1) is 11.7. The highest BCUT2D eigenvalue weighted by atomic mass is 35.5. The van der Waals surface area contributed by atoms with Gasteiger partial charge in [0.2, 0.25) is 5.60 Å². The van der Waals surface area contributed by atoms with Gasteiger partial charge in [0, 0.05) is 29.5 Å². The van der Waals surface area contributed by atoms with Crippen molar-refractivity contribution in [2.75, 3.05) is 4.90 Å². The van der Waals surface area contributed by atoms with Crippen molar-refractivity contribution in [2.45, 2.75) is 17.7 Å². The van der Waals surface area contributed by atoms with Gasteiger partial charge in [-0.2, -0.15) is 0 Å². The molecule has 1 aliphatic heterocycles. The van der Waals surface area contributed by atoms with Gasteiger partial charge in [0.05, 0.1) is 5.69 Å². The van der Waals surface area contributed by atoms with Crippen LogP contribution in [0.15, 0.2) is 48.4 Å². The van der Waals surface area contributed by atoms with Gasteiger partial charge < -0.3 is 9.30 Å². The molecule has 0 radical (unpaired) electrons. The lowest BCUT2D eigenvalue weighted by Crippen LogP contribution is -2.37. The molecule has 0 spiro atoms. The molecular weight excluding hydrogens is 385 g/mol. The average Bonchev–Trinajstić information content (AvgIpc) is 3.00. The Morgan fingerprint density at radius 1 is 1.28 bits per heavy atom. The van der Waals surface area contributed by atoms with Crippen molar-refractivity contribution >= 4 is 53.5 Å². The molecule has 0 saturated carbocycles. The van der Waals surface area contributed by atoms with Gasteiger partial charge in [0.1, 0.15) is 0 Å². The second-order valence-corrected chi connectivity index (χ2v) is 6.56. The number of aromatic nitrogens is 2. The maximum atomic E-state index is 12.1. The monoisotopic (exact) mass is 399 g/mol. The summed E-state index contributed by atoms with van der Waals surface area (Å²) in [6.45, 7) is 4.95. The molecule has 9 heteroatoms. The predicted molar refractivity (Wildman–Crippen MR) is 99.5 cm³/mol. The molecule has 0 N–H and O–H groups in total. The van der Waals surface area contributed by atoms with Gasteiger partial charge in [0.15, 0.2) is 5.16 Å². The third-order valence-corrected chi connectivity index (χ3v) is 4.27. The van der Waals surface area contributed by atoms with E-state index >= 15 is 0 Å². The average molecular weight is 400 g/mol. The molecule has 1 atom stereocenters. The molecule has 1 unspecified atom stereocenters. The van der Waals surface area contributed by atoms with E-state index in [-0.39, 0.29) is 5.69 Å². The zero-order valence-corrected chi connectivity index (χ0v) is 15.8. The molecule has 0 aliphatic carbocycles. The maximum Gasteiger partial charge on any atom is 0.422 e. The first kappa shape index (κ1) is 19.4. The fraction of sp³-hybridized carbons (Fsp3) is 0.188. The van der Waals surface area contributed by atoms with Gasteiger partial charge >= 0.3 is 6.09 Å². The van der Waals surface area contributed by atoms with E-state index in [2.05, 4.69) is 24.2 Å². The minimum atomic E-state index is -1.36. The Hall–Kier alpha value is -1.96. The lowest BCUT2D eigenvalue weighted by Gasteiger charge is -2.15. The quantitative estimate of drug-likeness (QED) is 0.608. The summed E-state index contributed by atoms with van der Waals surface area (Å²) >= 11 is 15.7. The van der Waals surface area contributed by atoms with Gasteiger partial charge in [0.25, 0.3) is 5.91 Å². The zero-order valence-electron chi connectivity index (χ0n) is 13.4. The van der Waals surface area contributed by atoms with Crippen LogP contribution in [0.4, 0.5) is 10.5 Å². The standard InChI is InChI=1S/C12H9Cl2NO3.C4H6N2S/c1-3-12(2)10(16)15(11(17)18-12)9-5-7(13)4-8(14)6-9;1-6-3-2-5-4(6)7/h3-6H,1H2,2H3;2-3H,1H3,(H,5,7). The number of ether oxygens (including phenoxy) is 1. The van der Waals surface area contributed by atoms with Crippen LogP contribution in [0.5, 0.6) is 0 Å². The van der Waals surface area contributed by atoms with Crippen molar-refractivity contribution in [3.05, 3.63) is 53.3 Å². The third kappa shape index (κ3) is 4.18. The summed E-state index contributed by atoms with van der Waals surface area (Å²) in [5, 5.41) is 1.40. The smallest absolute Gasteiger partial charge is 0.422 e. The SMILES string of the molecule is C=CC1(C)OC(=O)N(c2cc(Cl)cc(Cl)c2)C1=O.Cn1ccnc1S. The molecule has 1 aromatic heterocycles. The highest BCUT2D eigenvalue weighted by Gasteiger charge is 2.49. The van der Waals surface area contributed by atoms with E-state index in [1.54, 1.807) is 6.20 Å². The molecule has 0 bridgehead atoms. The minimum Gasteiger partial charge on any atom is -0.428 e. The summed E-state index contributed by atoms with van der Waals surface area (Å²) in [5.74, 6) is -0.527. The number of aryl methyl sites for hydroxylation is 1. The fourth-order valence-corrected chi connectivity index (χ4v) is 2.60. The largest absolute Gasteiger partial charge is 0.428 e. The number of hydrogen-bond acceptors (Lipinski definition) is 5. The Kier molecular flexibility index (Phi) is 5.82. The summed E-state index contributed by atoms with van der Waals surface area (Å²) in [6.07, 6.45) is 4.06. The van der Waals surface area contributed by atoms with E-state index in [9.17, 15) is 9.59 Å². The Labute approximate surface area is 160 Å².